The second kappa shape index (κ2) is 6.73. The molecular weight excluding hydrogens is 278 g/mol. The number of carbonyl (C=O) groups excluding carboxylic acids is 1. The summed E-state index contributed by atoms with van der Waals surface area (Å²) in [6.45, 7) is 8.86. The summed E-state index contributed by atoms with van der Waals surface area (Å²) in [5, 5.41) is 0.812. The first-order valence-electron chi connectivity index (χ1n) is 7.56. The van der Waals surface area contributed by atoms with Gasteiger partial charge < -0.3 is 9.72 Å². The van der Waals surface area contributed by atoms with Crippen LogP contribution in [0.4, 0.5) is 0 Å². The molecule has 2 aromatic heterocycles. The van der Waals surface area contributed by atoms with Gasteiger partial charge in [-0.2, -0.15) is 0 Å². The van der Waals surface area contributed by atoms with Crippen molar-refractivity contribution in [3.8, 4) is 5.88 Å². The van der Waals surface area contributed by atoms with Gasteiger partial charge in [-0.1, -0.05) is 27.7 Å². The van der Waals surface area contributed by atoms with E-state index < -0.39 is 0 Å². The molecule has 5 nitrogen and oxygen atoms in total. The molecule has 118 valence electrons. The number of aromatic nitrogens is 3. The molecule has 0 spiro atoms. The zero-order valence-corrected chi connectivity index (χ0v) is 13.6. The first kappa shape index (κ1) is 16.2. The predicted molar refractivity (Wildman–Crippen MR) is 87.8 cm³/mol. The van der Waals surface area contributed by atoms with Gasteiger partial charge in [0.05, 0.1) is 12.0 Å². The third-order valence-corrected chi connectivity index (χ3v) is 3.05. The Morgan fingerprint density at radius 2 is 2.14 bits per heavy atom. The second-order valence-electron chi connectivity index (χ2n) is 6.55. The normalized spacial score (nSPS) is 12.2. The Morgan fingerprint density at radius 3 is 2.82 bits per heavy atom. The number of H-pyrrole nitrogens is 1. The maximum Gasteiger partial charge on any atom is 0.226 e. The van der Waals surface area contributed by atoms with E-state index in [9.17, 15) is 4.79 Å². The average molecular weight is 301 g/mol. The van der Waals surface area contributed by atoms with E-state index in [1.54, 1.807) is 12.2 Å². The molecule has 5 heteroatoms. The third kappa shape index (κ3) is 4.16. The summed E-state index contributed by atoms with van der Waals surface area (Å²) in [7, 11) is 0. The largest absolute Gasteiger partial charge is 0.477 e. The van der Waals surface area contributed by atoms with Gasteiger partial charge in [0.2, 0.25) is 5.88 Å². The number of rotatable bonds is 6. The quantitative estimate of drug-likeness (QED) is 0.825. The number of carbonyl (C=O) groups is 1. The van der Waals surface area contributed by atoms with Gasteiger partial charge in [-0.25, -0.2) is 9.97 Å². The fourth-order valence-corrected chi connectivity index (χ4v) is 2.00. The minimum Gasteiger partial charge on any atom is -0.477 e. The lowest BCUT2D eigenvalue weighted by Crippen LogP contribution is -2.17. The molecule has 0 aromatic carbocycles. The molecule has 0 fully saturated rings. The molecule has 0 saturated heterocycles. The molecule has 0 aliphatic carbocycles. The van der Waals surface area contributed by atoms with Gasteiger partial charge in [0.1, 0.15) is 12.0 Å². The van der Waals surface area contributed by atoms with E-state index in [1.165, 1.54) is 6.33 Å². The van der Waals surface area contributed by atoms with Gasteiger partial charge in [-0.15, -0.1) is 0 Å². The zero-order chi connectivity index (χ0) is 16.2. The van der Waals surface area contributed by atoms with Crippen LogP contribution in [0.25, 0.3) is 17.1 Å². The van der Waals surface area contributed by atoms with Crippen molar-refractivity contribution in [3.05, 3.63) is 24.2 Å². The van der Waals surface area contributed by atoms with Crippen LogP contribution >= 0.6 is 0 Å². The van der Waals surface area contributed by atoms with Crippen molar-refractivity contribution in [2.45, 2.75) is 40.5 Å². The lowest BCUT2D eigenvalue weighted by atomic mass is 9.99. The van der Waals surface area contributed by atoms with Gasteiger partial charge in [0.15, 0.2) is 5.78 Å². The highest BCUT2D eigenvalue weighted by Crippen LogP contribution is 2.27. The number of nitrogens with one attached hydrogen (secondary N) is 1. The van der Waals surface area contributed by atoms with Crippen LogP contribution in [0.15, 0.2) is 18.6 Å². The SMILES string of the molecule is CCCC(=O)/C=C/c1c[nH]c2ncnc(OCC(C)(C)C)c12. The molecular formula is C17H23N3O2. The highest BCUT2D eigenvalue weighted by Gasteiger charge is 2.15. The monoisotopic (exact) mass is 301 g/mol. The lowest BCUT2D eigenvalue weighted by Gasteiger charge is -2.18. The maximum absolute atomic E-state index is 11.7. The fourth-order valence-electron chi connectivity index (χ4n) is 2.00. The van der Waals surface area contributed by atoms with Gasteiger partial charge in [-0.3, -0.25) is 4.79 Å². The van der Waals surface area contributed by atoms with Crippen molar-refractivity contribution in [1.82, 2.24) is 15.0 Å². The molecule has 0 unspecified atom stereocenters. The summed E-state index contributed by atoms with van der Waals surface area (Å²) < 4.78 is 5.85. The minimum absolute atomic E-state index is 0.0423. The van der Waals surface area contributed by atoms with Crippen LogP contribution in [-0.4, -0.2) is 27.3 Å². The van der Waals surface area contributed by atoms with Crippen molar-refractivity contribution in [2.75, 3.05) is 6.61 Å². The molecule has 0 saturated carbocycles. The van der Waals surface area contributed by atoms with Crippen molar-refractivity contribution >= 4 is 22.9 Å². The van der Waals surface area contributed by atoms with E-state index in [0.29, 0.717) is 24.6 Å². The highest BCUT2D eigenvalue weighted by atomic mass is 16.5. The summed E-state index contributed by atoms with van der Waals surface area (Å²) in [6.07, 6.45) is 8.10. The zero-order valence-electron chi connectivity index (χ0n) is 13.6. The Hall–Kier alpha value is -2.17. The second-order valence-corrected chi connectivity index (χ2v) is 6.55. The van der Waals surface area contributed by atoms with Crippen molar-refractivity contribution in [2.24, 2.45) is 5.41 Å². The van der Waals surface area contributed by atoms with Crippen LogP contribution in [0.3, 0.4) is 0 Å². The average Bonchev–Trinajstić information content (AvgIpc) is 2.86. The summed E-state index contributed by atoms with van der Waals surface area (Å²) in [6, 6.07) is 0. The van der Waals surface area contributed by atoms with E-state index in [4.69, 9.17) is 4.74 Å². The van der Waals surface area contributed by atoms with Crippen LogP contribution in [0.1, 0.15) is 46.1 Å². The van der Waals surface area contributed by atoms with E-state index in [-0.39, 0.29) is 11.2 Å². The first-order valence-corrected chi connectivity index (χ1v) is 7.56. The van der Waals surface area contributed by atoms with Gasteiger partial charge in [0, 0.05) is 18.2 Å². The molecule has 0 bridgehead atoms. The number of nitrogens with zero attached hydrogens (tertiary/aromatic N) is 2. The summed E-state index contributed by atoms with van der Waals surface area (Å²) in [5.74, 6) is 0.662. The number of hydrogen-bond acceptors (Lipinski definition) is 4. The number of hydrogen-bond donors (Lipinski definition) is 1. The molecule has 2 rings (SSSR count). The minimum atomic E-state index is 0.0423. The molecule has 0 radical (unpaired) electrons. The highest BCUT2D eigenvalue weighted by molar-refractivity contribution is 5.97. The molecule has 2 aromatic rings. The molecule has 0 atom stereocenters. The van der Waals surface area contributed by atoms with Crippen molar-refractivity contribution < 1.29 is 9.53 Å². The predicted octanol–water partition coefficient (Wildman–Crippen LogP) is 3.77. The molecule has 0 aliphatic heterocycles. The van der Waals surface area contributed by atoms with Crippen LogP contribution in [0.2, 0.25) is 0 Å². The molecule has 2 heterocycles. The molecule has 1 N–H and O–H groups in total. The smallest absolute Gasteiger partial charge is 0.226 e. The van der Waals surface area contributed by atoms with E-state index in [0.717, 1.165) is 17.4 Å². The lowest BCUT2D eigenvalue weighted by molar-refractivity contribution is -0.114. The van der Waals surface area contributed by atoms with E-state index in [2.05, 4.69) is 35.7 Å². The number of ether oxygens (including phenoxy) is 1. The molecule has 0 amide bonds. The molecule has 0 aliphatic rings. The summed E-state index contributed by atoms with van der Waals surface area (Å²) in [5.41, 5.74) is 1.62. The Balaban J connectivity index is 2.30. The number of ketones is 1. The van der Waals surface area contributed by atoms with Gasteiger partial charge in [0.25, 0.3) is 0 Å². The maximum atomic E-state index is 11.7. The Kier molecular flexibility index (Phi) is 4.96. The summed E-state index contributed by atoms with van der Waals surface area (Å²) >= 11 is 0. The van der Waals surface area contributed by atoms with Crippen molar-refractivity contribution in [3.63, 3.8) is 0 Å². The number of aromatic amines is 1. The Bertz CT molecular complexity index is 681. The van der Waals surface area contributed by atoms with Crippen LogP contribution < -0.4 is 4.74 Å². The fraction of sp³-hybridized carbons (Fsp3) is 0.471. The van der Waals surface area contributed by atoms with Crippen molar-refractivity contribution in [1.29, 1.82) is 0 Å². The Morgan fingerprint density at radius 1 is 1.36 bits per heavy atom. The summed E-state index contributed by atoms with van der Waals surface area (Å²) in [4.78, 5) is 23.2. The number of fused-ring (bicyclic) bond motifs is 1. The van der Waals surface area contributed by atoms with Gasteiger partial charge in [-0.05, 0) is 24.0 Å². The first-order chi connectivity index (χ1) is 10.4. The number of allylic oxidation sites excluding steroid dienone is 1. The van der Waals surface area contributed by atoms with E-state index >= 15 is 0 Å². The Labute approximate surface area is 130 Å². The third-order valence-electron chi connectivity index (χ3n) is 3.05. The molecule has 22 heavy (non-hydrogen) atoms. The van der Waals surface area contributed by atoms with Crippen LogP contribution in [0.5, 0.6) is 5.88 Å². The van der Waals surface area contributed by atoms with Crippen LogP contribution in [0, 0.1) is 5.41 Å². The topological polar surface area (TPSA) is 67.9 Å². The van der Waals surface area contributed by atoms with Crippen LogP contribution in [-0.2, 0) is 4.79 Å². The van der Waals surface area contributed by atoms with Gasteiger partial charge >= 0.3 is 0 Å². The van der Waals surface area contributed by atoms with E-state index in [1.807, 2.05) is 13.1 Å². The standard InChI is InChI=1S/C17H23N3O2/c1-5-6-13(21)8-7-12-9-18-15-14(12)16(20-11-19-15)22-10-17(2,3)4/h7-9,11H,5-6,10H2,1-4H3,(H,18,19,20)/b8-7+.